The van der Waals surface area contributed by atoms with Crippen molar-refractivity contribution in [1.82, 2.24) is 5.32 Å². The van der Waals surface area contributed by atoms with E-state index in [9.17, 15) is 9.59 Å². The first-order valence-corrected chi connectivity index (χ1v) is 8.63. The fourth-order valence-electron chi connectivity index (χ4n) is 3.01. The summed E-state index contributed by atoms with van der Waals surface area (Å²) in [4.78, 5) is 23.3. The number of nitrogens with two attached hydrogens (primary N) is 1. The standard InChI is InChI=1S/C20H23N3O2/c21-17-7-4-14(5-8-17)10-11-22-19(24)3-1-2-15-6-9-18-16(12-15)13-20(25)23-18/h4-9,12H,1-3,10-11,13,21H2,(H,22,24)(H,23,25). The first-order valence-electron chi connectivity index (χ1n) is 8.63. The average molecular weight is 337 g/mol. The fraction of sp³-hybridized carbons (Fsp3) is 0.300. The molecule has 25 heavy (non-hydrogen) atoms. The van der Waals surface area contributed by atoms with Gasteiger partial charge in [0.25, 0.3) is 0 Å². The molecule has 3 rings (SSSR count). The van der Waals surface area contributed by atoms with Gasteiger partial charge >= 0.3 is 0 Å². The molecule has 0 bridgehead atoms. The maximum Gasteiger partial charge on any atom is 0.228 e. The van der Waals surface area contributed by atoms with Crippen molar-refractivity contribution in [2.45, 2.75) is 32.1 Å². The third-order valence-corrected chi connectivity index (χ3v) is 4.38. The molecule has 1 heterocycles. The normalized spacial score (nSPS) is 12.6. The van der Waals surface area contributed by atoms with Gasteiger partial charge in [-0.1, -0.05) is 24.3 Å². The van der Waals surface area contributed by atoms with Crippen LogP contribution in [-0.4, -0.2) is 18.4 Å². The lowest BCUT2D eigenvalue weighted by molar-refractivity contribution is -0.121. The van der Waals surface area contributed by atoms with Gasteiger partial charge in [0, 0.05) is 24.3 Å². The molecule has 0 saturated heterocycles. The Kier molecular flexibility index (Phi) is 5.33. The molecule has 5 nitrogen and oxygen atoms in total. The topological polar surface area (TPSA) is 84.2 Å². The Labute approximate surface area is 147 Å². The van der Waals surface area contributed by atoms with Gasteiger partial charge in [0.1, 0.15) is 0 Å². The second-order valence-electron chi connectivity index (χ2n) is 6.41. The summed E-state index contributed by atoms with van der Waals surface area (Å²) in [6.07, 6.45) is 3.41. The van der Waals surface area contributed by atoms with Crippen LogP contribution in [0.25, 0.3) is 0 Å². The van der Waals surface area contributed by atoms with Crippen molar-refractivity contribution in [2.24, 2.45) is 0 Å². The highest BCUT2D eigenvalue weighted by molar-refractivity contribution is 5.99. The van der Waals surface area contributed by atoms with Crippen LogP contribution in [0.3, 0.4) is 0 Å². The second-order valence-corrected chi connectivity index (χ2v) is 6.41. The number of aryl methyl sites for hydroxylation is 1. The molecule has 0 aromatic heterocycles. The van der Waals surface area contributed by atoms with Crippen molar-refractivity contribution < 1.29 is 9.59 Å². The molecule has 0 radical (unpaired) electrons. The molecule has 2 aromatic carbocycles. The lowest BCUT2D eigenvalue weighted by atomic mass is 10.0. The van der Waals surface area contributed by atoms with Crippen LogP contribution in [-0.2, 0) is 28.9 Å². The van der Waals surface area contributed by atoms with Gasteiger partial charge in [-0.05, 0) is 54.2 Å². The van der Waals surface area contributed by atoms with Crippen molar-refractivity contribution in [3.63, 3.8) is 0 Å². The van der Waals surface area contributed by atoms with Crippen LogP contribution in [0.5, 0.6) is 0 Å². The Morgan fingerprint density at radius 3 is 2.64 bits per heavy atom. The van der Waals surface area contributed by atoms with Crippen molar-refractivity contribution >= 4 is 23.2 Å². The minimum Gasteiger partial charge on any atom is -0.399 e. The molecule has 4 N–H and O–H groups in total. The number of carbonyl (C=O) groups is 2. The summed E-state index contributed by atoms with van der Waals surface area (Å²) < 4.78 is 0. The molecule has 2 aromatic rings. The minimum atomic E-state index is 0.0487. The Bertz CT molecular complexity index is 769. The minimum absolute atomic E-state index is 0.0487. The van der Waals surface area contributed by atoms with Crippen LogP contribution < -0.4 is 16.4 Å². The molecular formula is C20H23N3O2. The molecular weight excluding hydrogens is 314 g/mol. The molecule has 130 valence electrons. The van der Waals surface area contributed by atoms with Gasteiger partial charge in [-0.3, -0.25) is 9.59 Å². The summed E-state index contributed by atoms with van der Waals surface area (Å²) in [6.45, 7) is 0.634. The first-order chi connectivity index (χ1) is 12.1. The van der Waals surface area contributed by atoms with Crippen molar-refractivity contribution in [3.8, 4) is 0 Å². The molecule has 0 spiro atoms. The smallest absolute Gasteiger partial charge is 0.228 e. The number of fused-ring (bicyclic) bond motifs is 1. The predicted molar refractivity (Wildman–Crippen MR) is 99.3 cm³/mol. The summed E-state index contributed by atoms with van der Waals surface area (Å²) in [6, 6.07) is 13.7. The first kappa shape index (κ1) is 17.0. The molecule has 1 aliphatic rings. The molecule has 0 fully saturated rings. The van der Waals surface area contributed by atoms with E-state index >= 15 is 0 Å². The maximum absolute atomic E-state index is 11.9. The van der Waals surface area contributed by atoms with Gasteiger partial charge in [-0.2, -0.15) is 0 Å². The second kappa shape index (κ2) is 7.83. The van der Waals surface area contributed by atoms with E-state index in [1.165, 1.54) is 5.56 Å². The molecule has 5 heteroatoms. The van der Waals surface area contributed by atoms with Crippen molar-refractivity contribution in [2.75, 3.05) is 17.6 Å². The summed E-state index contributed by atoms with van der Waals surface area (Å²) in [7, 11) is 0. The van der Waals surface area contributed by atoms with Crippen LogP contribution in [0.4, 0.5) is 11.4 Å². The monoisotopic (exact) mass is 337 g/mol. The summed E-state index contributed by atoms with van der Waals surface area (Å²) in [5, 5.41) is 5.78. The zero-order valence-corrected chi connectivity index (χ0v) is 14.2. The number of amides is 2. The number of nitrogen functional groups attached to an aromatic ring is 1. The van der Waals surface area contributed by atoms with E-state index in [0.29, 0.717) is 19.4 Å². The van der Waals surface area contributed by atoms with Crippen molar-refractivity contribution in [3.05, 3.63) is 59.2 Å². The van der Waals surface area contributed by atoms with Crippen LogP contribution in [0, 0.1) is 0 Å². The number of hydrogen-bond acceptors (Lipinski definition) is 3. The van der Waals surface area contributed by atoms with Crippen LogP contribution in [0.2, 0.25) is 0 Å². The maximum atomic E-state index is 11.9. The van der Waals surface area contributed by atoms with E-state index in [4.69, 9.17) is 5.73 Å². The number of nitrogens with one attached hydrogen (secondary N) is 2. The lowest BCUT2D eigenvalue weighted by Crippen LogP contribution is -2.25. The molecule has 0 aliphatic carbocycles. The third kappa shape index (κ3) is 4.83. The Hall–Kier alpha value is -2.82. The highest BCUT2D eigenvalue weighted by Crippen LogP contribution is 2.24. The van der Waals surface area contributed by atoms with Gasteiger partial charge in [0.15, 0.2) is 0 Å². The van der Waals surface area contributed by atoms with Crippen LogP contribution in [0.1, 0.15) is 29.5 Å². The van der Waals surface area contributed by atoms with E-state index < -0.39 is 0 Å². The largest absolute Gasteiger partial charge is 0.399 e. The lowest BCUT2D eigenvalue weighted by Gasteiger charge is -2.07. The van der Waals surface area contributed by atoms with Gasteiger partial charge in [-0.25, -0.2) is 0 Å². The zero-order chi connectivity index (χ0) is 17.6. The molecule has 2 amide bonds. The zero-order valence-electron chi connectivity index (χ0n) is 14.2. The third-order valence-electron chi connectivity index (χ3n) is 4.38. The van der Waals surface area contributed by atoms with Gasteiger partial charge in [-0.15, -0.1) is 0 Å². The number of benzene rings is 2. The van der Waals surface area contributed by atoms with E-state index in [1.807, 2.05) is 36.4 Å². The number of rotatable bonds is 7. The van der Waals surface area contributed by atoms with E-state index in [1.54, 1.807) is 0 Å². The van der Waals surface area contributed by atoms with Crippen LogP contribution in [0.15, 0.2) is 42.5 Å². The molecule has 0 saturated carbocycles. The fourth-order valence-corrected chi connectivity index (χ4v) is 3.01. The Morgan fingerprint density at radius 2 is 1.84 bits per heavy atom. The summed E-state index contributed by atoms with van der Waals surface area (Å²) in [5.74, 6) is 0.126. The molecule has 0 unspecified atom stereocenters. The van der Waals surface area contributed by atoms with E-state index in [-0.39, 0.29) is 11.8 Å². The van der Waals surface area contributed by atoms with Gasteiger partial charge in [0.2, 0.25) is 11.8 Å². The van der Waals surface area contributed by atoms with Crippen molar-refractivity contribution in [1.29, 1.82) is 0 Å². The molecule has 1 aliphatic heterocycles. The SMILES string of the molecule is Nc1ccc(CCNC(=O)CCCc2ccc3c(c2)CC(=O)N3)cc1. The summed E-state index contributed by atoms with van der Waals surface area (Å²) >= 11 is 0. The average Bonchev–Trinajstić information content (AvgIpc) is 2.96. The number of hydrogen-bond donors (Lipinski definition) is 3. The molecule has 0 atom stereocenters. The van der Waals surface area contributed by atoms with E-state index in [2.05, 4.69) is 16.7 Å². The van der Waals surface area contributed by atoms with E-state index in [0.717, 1.165) is 41.8 Å². The Balaban J connectivity index is 1.36. The van der Waals surface area contributed by atoms with Crippen LogP contribution >= 0.6 is 0 Å². The Morgan fingerprint density at radius 1 is 1.08 bits per heavy atom. The van der Waals surface area contributed by atoms with Gasteiger partial charge < -0.3 is 16.4 Å². The number of carbonyl (C=O) groups excluding carboxylic acids is 2. The summed E-state index contributed by atoms with van der Waals surface area (Å²) in [5.41, 5.74) is 10.7. The quantitative estimate of drug-likeness (QED) is 0.679. The number of anilines is 2. The highest BCUT2D eigenvalue weighted by Gasteiger charge is 2.17. The van der Waals surface area contributed by atoms with Gasteiger partial charge in [0.05, 0.1) is 6.42 Å². The predicted octanol–water partition coefficient (Wildman–Crippen LogP) is 2.45. The highest BCUT2D eigenvalue weighted by atomic mass is 16.2.